The first-order chi connectivity index (χ1) is 18.2. The molecule has 1 saturated carbocycles. The fourth-order valence-electron chi connectivity index (χ4n) is 5.03. The van der Waals surface area contributed by atoms with Gasteiger partial charge in [0.05, 0.1) is 18.4 Å². The molecule has 1 amide bonds. The summed E-state index contributed by atoms with van der Waals surface area (Å²) in [6.07, 6.45) is 1.19. The molecule has 5 rings (SSSR count). The minimum absolute atomic E-state index is 0.0577. The lowest BCUT2D eigenvalue weighted by Crippen LogP contribution is -2.38. The Kier molecular flexibility index (Phi) is 6.87. The van der Waals surface area contributed by atoms with Crippen molar-refractivity contribution in [3.63, 3.8) is 0 Å². The normalized spacial score (nSPS) is 17.9. The zero-order chi connectivity index (χ0) is 27.0. The number of ether oxygens (including phenoxy) is 1. The van der Waals surface area contributed by atoms with Gasteiger partial charge in [0, 0.05) is 22.8 Å². The molecular weight excluding hydrogens is 521 g/mol. The highest BCUT2D eigenvalue weighted by molar-refractivity contribution is 6.30. The van der Waals surface area contributed by atoms with Crippen molar-refractivity contribution in [1.29, 1.82) is 0 Å². The number of nitrogen functional groups attached to an aromatic ring is 1. The molecule has 1 aromatic carbocycles. The Bertz CT molecular complexity index is 1490. The highest BCUT2D eigenvalue weighted by Gasteiger charge is 2.37. The van der Waals surface area contributed by atoms with Crippen molar-refractivity contribution in [3.05, 3.63) is 70.6 Å². The van der Waals surface area contributed by atoms with Crippen LogP contribution in [0.1, 0.15) is 53.1 Å². The Morgan fingerprint density at radius 1 is 1.18 bits per heavy atom. The van der Waals surface area contributed by atoms with Crippen LogP contribution in [-0.4, -0.2) is 38.6 Å². The van der Waals surface area contributed by atoms with Crippen LogP contribution in [0.25, 0.3) is 16.8 Å². The SMILES string of the molecule is COc1ncc(-c2cc(C(F)(F)F)c3c(N)ncnn23)cc1C(=O)N[C@H]1CCCC(c2ccc(Cl)cc2)C1. The molecule has 38 heavy (non-hydrogen) atoms. The smallest absolute Gasteiger partial charge is 0.418 e. The van der Waals surface area contributed by atoms with Gasteiger partial charge < -0.3 is 15.8 Å². The molecule has 0 spiro atoms. The summed E-state index contributed by atoms with van der Waals surface area (Å²) in [5, 5.41) is 7.69. The number of benzene rings is 1. The number of hydrogen-bond donors (Lipinski definition) is 2. The fourth-order valence-corrected chi connectivity index (χ4v) is 5.16. The van der Waals surface area contributed by atoms with Crippen LogP contribution in [0.2, 0.25) is 5.02 Å². The molecule has 1 aliphatic rings. The van der Waals surface area contributed by atoms with Gasteiger partial charge in [0.25, 0.3) is 5.91 Å². The van der Waals surface area contributed by atoms with E-state index in [1.807, 2.05) is 24.3 Å². The molecule has 12 heteroatoms. The maximum absolute atomic E-state index is 13.8. The molecule has 8 nitrogen and oxygen atoms in total. The molecule has 3 N–H and O–H groups in total. The van der Waals surface area contributed by atoms with Crippen LogP contribution in [0, 0.1) is 0 Å². The van der Waals surface area contributed by atoms with E-state index in [2.05, 4.69) is 20.4 Å². The van der Waals surface area contributed by atoms with Crippen LogP contribution in [0.5, 0.6) is 5.88 Å². The summed E-state index contributed by atoms with van der Waals surface area (Å²) in [5.41, 5.74) is 5.97. The Morgan fingerprint density at radius 3 is 2.66 bits per heavy atom. The average molecular weight is 545 g/mol. The number of alkyl halides is 3. The van der Waals surface area contributed by atoms with E-state index in [4.69, 9.17) is 22.1 Å². The summed E-state index contributed by atoms with van der Waals surface area (Å²) < 4.78 is 47.6. The number of nitrogens with zero attached hydrogens (tertiary/aromatic N) is 4. The summed E-state index contributed by atoms with van der Waals surface area (Å²) in [7, 11) is 1.37. The number of nitrogens with one attached hydrogen (secondary N) is 1. The van der Waals surface area contributed by atoms with Crippen molar-refractivity contribution in [1.82, 2.24) is 24.9 Å². The molecule has 0 bridgehead atoms. The number of pyridine rings is 1. The molecule has 2 atom stereocenters. The largest absolute Gasteiger partial charge is 0.480 e. The minimum atomic E-state index is -4.69. The van der Waals surface area contributed by atoms with Crippen LogP contribution in [0.4, 0.5) is 19.0 Å². The van der Waals surface area contributed by atoms with Crippen molar-refractivity contribution in [2.75, 3.05) is 12.8 Å². The van der Waals surface area contributed by atoms with E-state index in [0.717, 1.165) is 48.2 Å². The fraction of sp³-hybridized carbons (Fsp3) is 0.308. The molecule has 1 fully saturated rings. The molecule has 3 aromatic heterocycles. The van der Waals surface area contributed by atoms with Crippen LogP contribution in [0.3, 0.4) is 0 Å². The highest BCUT2D eigenvalue weighted by atomic mass is 35.5. The third-order valence-electron chi connectivity index (χ3n) is 6.82. The first-order valence-electron chi connectivity index (χ1n) is 12.0. The monoisotopic (exact) mass is 544 g/mol. The van der Waals surface area contributed by atoms with Gasteiger partial charge in [-0.1, -0.05) is 30.2 Å². The number of anilines is 1. The maximum atomic E-state index is 13.8. The van der Waals surface area contributed by atoms with E-state index in [1.165, 1.54) is 19.4 Å². The number of halogens is 4. The Hall–Kier alpha value is -3.86. The number of hydrogen-bond acceptors (Lipinski definition) is 6. The average Bonchev–Trinajstić information content (AvgIpc) is 3.31. The van der Waals surface area contributed by atoms with Crippen molar-refractivity contribution >= 4 is 28.8 Å². The number of methoxy groups -OCH3 is 1. The maximum Gasteiger partial charge on any atom is 0.418 e. The third-order valence-corrected chi connectivity index (χ3v) is 7.08. The quantitative estimate of drug-likeness (QED) is 0.343. The van der Waals surface area contributed by atoms with Gasteiger partial charge in [-0.25, -0.2) is 14.5 Å². The lowest BCUT2D eigenvalue weighted by molar-refractivity contribution is -0.136. The van der Waals surface area contributed by atoms with E-state index in [9.17, 15) is 18.0 Å². The number of amides is 1. The van der Waals surface area contributed by atoms with Crippen molar-refractivity contribution in [3.8, 4) is 17.1 Å². The van der Waals surface area contributed by atoms with Gasteiger partial charge in [-0.05, 0) is 55.0 Å². The molecule has 3 heterocycles. The second-order valence-electron chi connectivity index (χ2n) is 9.21. The second-order valence-corrected chi connectivity index (χ2v) is 9.65. The van der Waals surface area contributed by atoms with Crippen LogP contribution >= 0.6 is 11.6 Å². The van der Waals surface area contributed by atoms with Gasteiger partial charge in [-0.3, -0.25) is 4.79 Å². The Balaban J connectivity index is 1.45. The van der Waals surface area contributed by atoms with E-state index in [-0.39, 0.29) is 46.0 Å². The molecule has 0 radical (unpaired) electrons. The van der Waals surface area contributed by atoms with E-state index < -0.39 is 17.6 Å². The minimum Gasteiger partial charge on any atom is -0.480 e. The third kappa shape index (κ3) is 4.98. The van der Waals surface area contributed by atoms with Gasteiger partial charge in [0.1, 0.15) is 17.4 Å². The van der Waals surface area contributed by atoms with Gasteiger partial charge >= 0.3 is 6.18 Å². The van der Waals surface area contributed by atoms with Crippen molar-refractivity contribution < 1.29 is 22.7 Å². The molecular formula is C26H24ClF3N6O2. The van der Waals surface area contributed by atoms with Crippen LogP contribution < -0.4 is 15.8 Å². The molecule has 1 aliphatic carbocycles. The summed E-state index contributed by atoms with van der Waals surface area (Å²) in [5.74, 6) is -0.410. The summed E-state index contributed by atoms with van der Waals surface area (Å²) in [6, 6.07) is 9.99. The van der Waals surface area contributed by atoms with Crippen molar-refractivity contribution in [2.45, 2.75) is 43.8 Å². The van der Waals surface area contributed by atoms with Crippen LogP contribution in [-0.2, 0) is 6.18 Å². The number of carbonyl (C=O) groups is 1. The lowest BCUT2D eigenvalue weighted by Gasteiger charge is -2.30. The first-order valence-corrected chi connectivity index (χ1v) is 12.3. The number of rotatable bonds is 5. The van der Waals surface area contributed by atoms with E-state index in [1.54, 1.807) is 0 Å². The van der Waals surface area contributed by atoms with Crippen LogP contribution in [0.15, 0.2) is 48.9 Å². The highest BCUT2D eigenvalue weighted by Crippen LogP contribution is 2.39. The molecule has 0 aliphatic heterocycles. The molecule has 4 aromatic rings. The summed E-state index contributed by atoms with van der Waals surface area (Å²) >= 11 is 6.02. The predicted molar refractivity (Wildman–Crippen MR) is 136 cm³/mol. The molecule has 198 valence electrons. The second kappa shape index (κ2) is 10.1. The number of carbonyl (C=O) groups excluding carboxylic acids is 1. The number of aromatic nitrogens is 4. The topological polar surface area (TPSA) is 107 Å². The van der Waals surface area contributed by atoms with E-state index >= 15 is 0 Å². The summed E-state index contributed by atoms with van der Waals surface area (Å²) in [4.78, 5) is 21.3. The zero-order valence-corrected chi connectivity index (χ0v) is 21.1. The number of fused-ring (bicyclic) bond motifs is 1. The Labute approximate surface area is 221 Å². The van der Waals surface area contributed by atoms with Gasteiger partial charge in [-0.2, -0.15) is 18.3 Å². The molecule has 1 unspecified atom stereocenters. The summed E-state index contributed by atoms with van der Waals surface area (Å²) in [6.45, 7) is 0. The van der Waals surface area contributed by atoms with Gasteiger partial charge in [0.2, 0.25) is 5.88 Å². The van der Waals surface area contributed by atoms with Gasteiger partial charge in [-0.15, -0.1) is 0 Å². The predicted octanol–water partition coefficient (Wildman–Crippen LogP) is 5.51. The van der Waals surface area contributed by atoms with Crippen molar-refractivity contribution in [2.24, 2.45) is 0 Å². The number of nitrogens with two attached hydrogens (primary N) is 1. The zero-order valence-electron chi connectivity index (χ0n) is 20.3. The molecule has 0 saturated heterocycles. The van der Waals surface area contributed by atoms with E-state index in [0.29, 0.717) is 5.02 Å². The first kappa shape index (κ1) is 25.8. The lowest BCUT2D eigenvalue weighted by atomic mass is 9.81. The van der Waals surface area contributed by atoms with Gasteiger partial charge in [0.15, 0.2) is 5.82 Å². The Morgan fingerprint density at radius 2 is 1.95 bits per heavy atom. The standard InChI is InChI=1S/C26H24ClF3N6O2/c1-38-25-19(24(37)35-18-4-2-3-15(9-18)14-5-7-17(27)8-6-14)10-16(12-32-25)21-11-20(26(28,29)30)22-23(31)33-13-34-36(21)22/h5-8,10-13,15,18H,2-4,9H2,1H3,(H,35,37)(H2,31,33,34)/t15?,18-/m0/s1.